The number of carbonyl (C=O) groups excluding carboxylic acids is 1. The quantitative estimate of drug-likeness (QED) is 0.775. The van der Waals surface area contributed by atoms with Gasteiger partial charge in [0, 0.05) is 17.4 Å². The zero-order chi connectivity index (χ0) is 15.5. The highest BCUT2D eigenvalue weighted by Crippen LogP contribution is 2.29. The maximum atomic E-state index is 12.5. The number of anilines is 1. The fourth-order valence-corrected chi connectivity index (χ4v) is 2.37. The van der Waals surface area contributed by atoms with Crippen LogP contribution < -0.4 is 14.8 Å². The molecule has 2 aromatic carbocycles. The Morgan fingerprint density at radius 1 is 1.05 bits per heavy atom. The number of rotatable bonds is 4. The highest BCUT2D eigenvalue weighted by Gasteiger charge is 2.15. The van der Waals surface area contributed by atoms with Gasteiger partial charge in [-0.05, 0) is 36.4 Å². The van der Waals surface area contributed by atoms with Gasteiger partial charge < -0.3 is 19.8 Å². The van der Waals surface area contributed by atoms with E-state index in [1.54, 1.807) is 44.7 Å². The predicted molar refractivity (Wildman–Crippen MR) is 85.8 cm³/mol. The maximum Gasteiger partial charge on any atom is 0.257 e. The molecule has 0 aliphatic rings. The minimum absolute atomic E-state index is 0.194. The van der Waals surface area contributed by atoms with E-state index in [2.05, 4.69) is 10.3 Å². The summed E-state index contributed by atoms with van der Waals surface area (Å²) in [4.78, 5) is 15.6. The molecule has 0 fully saturated rings. The van der Waals surface area contributed by atoms with Gasteiger partial charge in [-0.2, -0.15) is 0 Å². The van der Waals surface area contributed by atoms with Gasteiger partial charge in [-0.25, -0.2) is 0 Å². The third kappa shape index (κ3) is 2.48. The number of hydrogen-bond acceptors (Lipinski definition) is 3. The van der Waals surface area contributed by atoms with Gasteiger partial charge in [-0.15, -0.1) is 0 Å². The van der Waals surface area contributed by atoms with E-state index in [-0.39, 0.29) is 5.91 Å². The smallest absolute Gasteiger partial charge is 0.257 e. The van der Waals surface area contributed by atoms with E-state index >= 15 is 0 Å². The number of methoxy groups -OCH3 is 2. The molecule has 1 heterocycles. The number of aromatic nitrogens is 1. The van der Waals surface area contributed by atoms with Crippen molar-refractivity contribution in [2.45, 2.75) is 0 Å². The van der Waals surface area contributed by atoms with Crippen LogP contribution >= 0.6 is 0 Å². The molecule has 1 aromatic heterocycles. The van der Waals surface area contributed by atoms with E-state index in [0.29, 0.717) is 17.0 Å². The highest BCUT2D eigenvalue weighted by atomic mass is 16.5. The lowest BCUT2D eigenvalue weighted by molar-refractivity contribution is 0.102. The summed E-state index contributed by atoms with van der Waals surface area (Å²) in [6, 6.07) is 12.8. The van der Waals surface area contributed by atoms with E-state index < -0.39 is 0 Å². The van der Waals surface area contributed by atoms with Crippen LogP contribution in [0.25, 0.3) is 10.9 Å². The minimum atomic E-state index is -0.194. The third-order valence-corrected chi connectivity index (χ3v) is 3.48. The van der Waals surface area contributed by atoms with Crippen LogP contribution in [0.1, 0.15) is 10.4 Å². The highest BCUT2D eigenvalue weighted by molar-refractivity contribution is 6.14. The number of H-pyrrole nitrogens is 1. The van der Waals surface area contributed by atoms with Gasteiger partial charge in [-0.3, -0.25) is 4.79 Å². The number of nitrogens with one attached hydrogen (secondary N) is 2. The van der Waals surface area contributed by atoms with E-state index in [1.807, 2.05) is 18.2 Å². The van der Waals surface area contributed by atoms with Gasteiger partial charge in [0.1, 0.15) is 11.5 Å². The van der Waals surface area contributed by atoms with Crippen LogP contribution in [0.5, 0.6) is 11.5 Å². The van der Waals surface area contributed by atoms with Crippen molar-refractivity contribution in [3.63, 3.8) is 0 Å². The fourth-order valence-electron chi connectivity index (χ4n) is 2.37. The van der Waals surface area contributed by atoms with Gasteiger partial charge in [-0.1, -0.05) is 6.07 Å². The summed E-state index contributed by atoms with van der Waals surface area (Å²) in [5, 5.41) is 3.64. The zero-order valence-corrected chi connectivity index (χ0v) is 12.3. The van der Waals surface area contributed by atoms with Gasteiger partial charge >= 0.3 is 0 Å². The largest absolute Gasteiger partial charge is 0.497 e. The first kappa shape index (κ1) is 14.0. The second kappa shape index (κ2) is 5.81. The predicted octanol–water partition coefficient (Wildman–Crippen LogP) is 3.44. The number of ether oxygens (including phenoxy) is 2. The molecule has 0 aliphatic heterocycles. The average molecular weight is 296 g/mol. The molecule has 3 aromatic rings. The summed E-state index contributed by atoms with van der Waals surface area (Å²) in [5.74, 6) is 1.21. The van der Waals surface area contributed by atoms with Crippen molar-refractivity contribution in [2.24, 2.45) is 0 Å². The van der Waals surface area contributed by atoms with Crippen LogP contribution in [0.2, 0.25) is 0 Å². The molecule has 0 saturated carbocycles. The van der Waals surface area contributed by atoms with Gasteiger partial charge in [0.05, 0.1) is 25.2 Å². The van der Waals surface area contributed by atoms with Crippen LogP contribution in [0.3, 0.4) is 0 Å². The number of benzene rings is 2. The number of hydrogen-bond donors (Lipinski definition) is 2. The Morgan fingerprint density at radius 2 is 1.82 bits per heavy atom. The van der Waals surface area contributed by atoms with Crippen molar-refractivity contribution in [3.8, 4) is 11.5 Å². The molecule has 22 heavy (non-hydrogen) atoms. The Labute approximate surface area is 127 Å². The summed E-state index contributed by atoms with van der Waals surface area (Å²) in [6.45, 7) is 0. The lowest BCUT2D eigenvalue weighted by atomic mass is 10.1. The first-order chi connectivity index (χ1) is 10.7. The number of amides is 1. The Hall–Kier alpha value is -2.95. The van der Waals surface area contributed by atoms with Crippen molar-refractivity contribution >= 4 is 22.5 Å². The summed E-state index contributed by atoms with van der Waals surface area (Å²) in [5.41, 5.74) is 2.11. The molecule has 0 radical (unpaired) electrons. The lowest BCUT2D eigenvalue weighted by Crippen LogP contribution is -2.11. The Kier molecular flexibility index (Phi) is 3.70. The average Bonchev–Trinajstić information content (AvgIpc) is 2.99. The molecule has 0 unspecified atom stereocenters. The normalized spacial score (nSPS) is 10.5. The SMILES string of the molecule is COc1ccc(NC(=O)c2c[nH]c3cccc(OC)c23)cc1. The van der Waals surface area contributed by atoms with Crippen molar-refractivity contribution in [1.29, 1.82) is 0 Å². The van der Waals surface area contributed by atoms with Crippen LogP contribution in [0, 0.1) is 0 Å². The van der Waals surface area contributed by atoms with Crippen molar-refractivity contribution in [1.82, 2.24) is 4.98 Å². The van der Waals surface area contributed by atoms with E-state index in [0.717, 1.165) is 16.7 Å². The maximum absolute atomic E-state index is 12.5. The Bertz CT molecular complexity index is 806. The summed E-state index contributed by atoms with van der Waals surface area (Å²) in [6.07, 6.45) is 1.69. The molecule has 5 nitrogen and oxygen atoms in total. The molecule has 2 N–H and O–H groups in total. The summed E-state index contributed by atoms with van der Waals surface area (Å²) in [7, 11) is 3.19. The molecule has 5 heteroatoms. The van der Waals surface area contributed by atoms with Crippen LogP contribution in [-0.2, 0) is 0 Å². The molecule has 0 saturated heterocycles. The van der Waals surface area contributed by atoms with Crippen LogP contribution in [0.15, 0.2) is 48.7 Å². The molecule has 1 amide bonds. The number of aromatic amines is 1. The number of fused-ring (bicyclic) bond motifs is 1. The minimum Gasteiger partial charge on any atom is -0.497 e. The Morgan fingerprint density at radius 3 is 2.50 bits per heavy atom. The monoisotopic (exact) mass is 296 g/mol. The van der Waals surface area contributed by atoms with E-state index in [4.69, 9.17) is 9.47 Å². The van der Waals surface area contributed by atoms with Crippen LogP contribution in [0.4, 0.5) is 5.69 Å². The fraction of sp³-hybridized carbons (Fsp3) is 0.118. The summed E-state index contributed by atoms with van der Waals surface area (Å²) < 4.78 is 10.4. The molecule has 0 aliphatic carbocycles. The molecule has 112 valence electrons. The van der Waals surface area contributed by atoms with Gasteiger partial charge in [0.25, 0.3) is 5.91 Å². The second-order valence-corrected chi connectivity index (χ2v) is 4.77. The first-order valence-electron chi connectivity index (χ1n) is 6.82. The molecular weight excluding hydrogens is 280 g/mol. The number of carbonyl (C=O) groups is 1. The molecule has 0 bridgehead atoms. The van der Waals surface area contributed by atoms with Crippen LogP contribution in [-0.4, -0.2) is 25.1 Å². The topological polar surface area (TPSA) is 63.3 Å². The molecular formula is C17H16N2O3. The van der Waals surface area contributed by atoms with E-state index in [1.165, 1.54) is 0 Å². The van der Waals surface area contributed by atoms with Gasteiger partial charge in [0.15, 0.2) is 0 Å². The molecule has 0 spiro atoms. The van der Waals surface area contributed by atoms with Crippen molar-refractivity contribution < 1.29 is 14.3 Å². The molecule has 0 atom stereocenters. The zero-order valence-electron chi connectivity index (χ0n) is 12.3. The lowest BCUT2D eigenvalue weighted by Gasteiger charge is -2.07. The standard InChI is InChI=1S/C17H16N2O3/c1-21-12-8-6-11(7-9-12)19-17(20)13-10-18-14-4-3-5-15(22-2)16(13)14/h3-10,18H,1-2H3,(H,19,20). The Balaban J connectivity index is 1.91. The van der Waals surface area contributed by atoms with Crippen molar-refractivity contribution in [2.75, 3.05) is 19.5 Å². The second-order valence-electron chi connectivity index (χ2n) is 4.77. The van der Waals surface area contributed by atoms with Gasteiger partial charge in [0.2, 0.25) is 0 Å². The first-order valence-corrected chi connectivity index (χ1v) is 6.82. The molecule has 3 rings (SSSR count). The van der Waals surface area contributed by atoms with Crippen molar-refractivity contribution in [3.05, 3.63) is 54.2 Å². The third-order valence-electron chi connectivity index (χ3n) is 3.48. The summed E-state index contributed by atoms with van der Waals surface area (Å²) >= 11 is 0. The van der Waals surface area contributed by atoms with E-state index in [9.17, 15) is 4.79 Å².